The van der Waals surface area contributed by atoms with E-state index in [1.54, 1.807) is 0 Å². The molecule has 1 unspecified atom stereocenters. The van der Waals surface area contributed by atoms with E-state index in [0.717, 1.165) is 16.6 Å². The maximum Gasteiger partial charge on any atom is 1.00 e. The third kappa shape index (κ3) is 5.68. The topological polar surface area (TPSA) is 86.3 Å². The van der Waals surface area contributed by atoms with Gasteiger partial charge in [0.25, 0.3) is 7.83 Å². The molecule has 84 valence electrons. The third-order valence-electron chi connectivity index (χ3n) is 1.35. The van der Waals surface area contributed by atoms with Crippen molar-refractivity contribution in [3.8, 4) is 0 Å². The summed E-state index contributed by atoms with van der Waals surface area (Å²) >= 11 is 5.49. The minimum absolute atomic E-state index is 0. The number of sulfonamides is 1. The molecule has 0 heterocycles. The monoisotopic (exact) mass is 311 g/mol. The normalized spacial score (nSPS) is 14.9. The predicted octanol–water partition coefficient (Wildman–Crippen LogP) is -1.94. The van der Waals surface area contributed by atoms with E-state index >= 15 is 0 Å². The molecule has 0 saturated heterocycles. The molecule has 1 aromatic carbocycles. The first-order valence-electron chi connectivity index (χ1n) is 3.51. The van der Waals surface area contributed by atoms with Crippen LogP contribution >= 0.6 is 19.4 Å². The standard InChI is InChI=1S/C6H6ClFNO4PS.K/c7-5-1-3-6(4-2-5)15(12,13)9-14(8,10)11;/h1-4H,(H2,9,10,11);/q;+1/p-1. The second-order valence-corrected chi connectivity index (χ2v) is 6.13. The summed E-state index contributed by atoms with van der Waals surface area (Å²) in [6, 6.07) is 4.59. The summed E-state index contributed by atoms with van der Waals surface area (Å²) in [5.41, 5.74) is 0. The van der Waals surface area contributed by atoms with Crippen LogP contribution in [0.25, 0.3) is 0 Å². The van der Waals surface area contributed by atoms with Gasteiger partial charge in [0.05, 0.1) is 4.90 Å². The number of nitrogens with one attached hydrogen (secondary N) is 1. The van der Waals surface area contributed by atoms with Gasteiger partial charge in [-0.25, -0.2) is 8.42 Å². The molecule has 0 aromatic heterocycles. The Balaban J connectivity index is 0.00000225. The number of rotatable bonds is 3. The fourth-order valence-corrected chi connectivity index (χ4v) is 3.00. The van der Waals surface area contributed by atoms with Crippen LogP contribution in [-0.2, 0) is 14.6 Å². The van der Waals surface area contributed by atoms with Gasteiger partial charge in [-0.15, -0.1) is 4.49 Å². The summed E-state index contributed by atoms with van der Waals surface area (Å²) < 4.78 is 45.5. The molecule has 0 aliphatic carbocycles. The maximum atomic E-state index is 12.1. The first kappa shape index (κ1) is 17.2. The summed E-state index contributed by atoms with van der Waals surface area (Å²) in [7, 11) is -9.98. The van der Waals surface area contributed by atoms with Crippen molar-refractivity contribution in [1.82, 2.24) is 4.49 Å². The van der Waals surface area contributed by atoms with E-state index in [-0.39, 0.29) is 61.3 Å². The van der Waals surface area contributed by atoms with Gasteiger partial charge < -0.3 is 4.89 Å². The molecule has 0 amide bonds. The maximum absolute atomic E-state index is 12.1. The van der Waals surface area contributed by atoms with Gasteiger partial charge in [0.1, 0.15) is 0 Å². The molecule has 5 nitrogen and oxygen atoms in total. The first-order chi connectivity index (χ1) is 6.71. The second kappa shape index (κ2) is 6.37. The van der Waals surface area contributed by atoms with Crippen LogP contribution in [0.5, 0.6) is 0 Å². The number of halogens is 2. The largest absolute Gasteiger partial charge is 1.00 e. The van der Waals surface area contributed by atoms with E-state index < -0.39 is 17.9 Å². The van der Waals surface area contributed by atoms with Crippen molar-refractivity contribution in [2.45, 2.75) is 4.90 Å². The first-order valence-corrected chi connectivity index (χ1v) is 6.89. The van der Waals surface area contributed by atoms with Crippen molar-refractivity contribution < 1.29 is 73.5 Å². The number of hydrogen-bond acceptors (Lipinski definition) is 4. The Bertz CT molecular complexity index is 502. The van der Waals surface area contributed by atoms with Gasteiger partial charge in [0.15, 0.2) is 0 Å². The minimum Gasteiger partial charge on any atom is -0.762 e. The molecule has 0 aliphatic rings. The molecule has 16 heavy (non-hydrogen) atoms. The Hall–Kier alpha value is 1.18. The number of benzene rings is 1. The third-order valence-corrected chi connectivity index (χ3v) is 4.33. The quantitative estimate of drug-likeness (QED) is 0.520. The van der Waals surface area contributed by atoms with Crippen molar-refractivity contribution in [2.75, 3.05) is 0 Å². The van der Waals surface area contributed by atoms with E-state index in [9.17, 15) is 22.1 Å². The average molecular weight is 312 g/mol. The van der Waals surface area contributed by atoms with Crippen molar-refractivity contribution in [1.29, 1.82) is 0 Å². The molecule has 1 rings (SSSR count). The van der Waals surface area contributed by atoms with E-state index in [4.69, 9.17) is 11.6 Å². The molecule has 1 atom stereocenters. The Morgan fingerprint density at radius 2 is 1.75 bits per heavy atom. The molecule has 0 fully saturated rings. The zero-order chi connectivity index (χ0) is 11.7. The Kier molecular flexibility index (Phi) is 6.84. The van der Waals surface area contributed by atoms with Crippen LogP contribution < -0.4 is 60.8 Å². The van der Waals surface area contributed by atoms with Crippen LogP contribution in [0.3, 0.4) is 0 Å². The summed E-state index contributed by atoms with van der Waals surface area (Å²) in [5.74, 6) is 0. The molecule has 0 bridgehead atoms. The van der Waals surface area contributed by atoms with Crippen LogP contribution in [-0.4, -0.2) is 8.42 Å². The van der Waals surface area contributed by atoms with Crippen LogP contribution in [0.4, 0.5) is 4.20 Å². The second-order valence-electron chi connectivity index (χ2n) is 2.53. The van der Waals surface area contributed by atoms with Gasteiger partial charge in [-0.3, -0.25) is 4.57 Å². The fraction of sp³-hybridized carbons (Fsp3) is 0. The molecule has 10 heteroatoms. The van der Waals surface area contributed by atoms with Gasteiger partial charge >= 0.3 is 51.4 Å². The molecule has 0 saturated carbocycles. The van der Waals surface area contributed by atoms with E-state index in [1.165, 1.54) is 12.1 Å². The Morgan fingerprint density at radius 1 is 1.31 bits per heavy atom. The molecule has 1 N–H and O–H groups in total. The zero-order valence-corrected chi connectivity index (χ0v) is 13.6. The zero-order valence-electron chi connectivity index (χ0n) is 8.05. The van der Waals surface area contributed by atoms with Crippen molar-refractivity contribution in [3.05, 3.63) is 29.3 Å². The van der Waals surface area contributed by atoms with Crippen LogP contribution in [0, 0.1) is 0 Å². The molecule has 0 radical (unpaired) electrons. The van der Waals surface area contributed by atoms with Crippen molar-refractivity contribution >= 4 is 29.5 Å². The molecular weight excluding hydrogens is 307 g/mol. The van der Waals surface area contributed by atoms with Gasteiger partial charge in [-0.05, 0) is 24.3 Å². The number of hydrogen-bond donors (Lipinski definition) is 1. The van der Waals surface area contributed by atoms with Gasteiger partial charge in [0.2, 0.25) is 10.0 Å². The summed E-state index contributed by atoms with van der Waals surface area (Å²) in [4.78, 5) is 9.74. The predicted molar refractivity (Wildman–Crippen MR) is 50.5 cm³/mol. The van der Waals surface area contributed by atoms with E-state index in [2.05, 4.69) is 0 Å². The van der Waals surface area contributed by atoms with Crippen LogP contribution in [0.1, 0.15) is 0 Å². The Morgan fingerprint density at radius 3 is 2.12 bits per heavy atom. The molecule has 1 aromatic rings. The van der Waals surface area contributed by atoms with Gasteiger partial charge in [0, 0.05) is 5.02 Å². The summed E-state index contributed by atoms with van der Waals surface area (Å²) in [6.07, 6.45) is 0. The SMILES string of the molecule is O=P([O-])(F)NS(=O)(=O)c1ccc(Cl)cc1.[K+]. The molecule has 0 aliphatic heterocycles. The van der Waals surface area contributed by atoms with E-state index in [1.807, 2.05) is 0 Å². The molecule has 0 spiro atoms. The van der Waals surface area contributed by atoms with Gasteiger partial charge in [-0.1, -0.05) is 11.6 Å². The fourth-order valence-electron chi connectivity index (χ4n) is 0.810. The summed E-state index contributed by atoms with van der Waals surface area (Å²) in [5, 5.41) is 0.277. The molecular formula is C6H5ClFKNO4PS. The van der Waals surface area contributed by atoms with Crippen LogP contribution in [0.2, 0.25) is 5.02 Å². The van der Waals surface area contributed by atoms with Crippen LogP contribution in [0.15, 0.2) is 29.2 Å². The Labute approximate surface area is 139 Å². The summed E-state index contributed by atoms with van der Waals surface area (Å²) in [6.45, 7) is 0. The average Bonchev–Trinajstić information content (AvgIpc) is 2.00. The van der Waals surface area contributed by atoms with Crippen molar-refractivity contribution in [3.63, 3.8) is 0 Å². The van der Waals surface area contributed by atoms with E-state index in [0.29, 0.717) is 0 Å². The van der Waals surface area contributed by atoms with Gasteiger partial charge in [-0.2, -0.15) is 4.20 Å². The smallest absolute Gasteiger partial charge is 0.762 e. The van der Waals surface area contributed by atoms with Crippen molar-refractivity contribution in [2.24, 2.45) is 0 Å². The minimum atomic E-state index is -5.59.